The number of halogens is 1. The highest BCUT2D eigenvalue weighted by atomic mass is 35.5. The standard InChI is InChI=1S/C23H28ClN5O4/c24-19-4-2-18(3-5-19)21-7-6-20(33-21)16-25-29-17-22(31)28(23(29)32)9-1-8-26-10-12-27(13-11-26)14-15-30/h2-7,16,30H,1,8-15,17H2/b25-16+. The first kappa shape index (κ1) is 23.4. The minimum absolute atomic E-state index is 0.0695. The molecule has 1 N–H and O–H groups in total. The summed E-state index contributed by atoms with van der Waals surface area (Å²) in [6, 6.07) is 10.5. The molecule has 176 valence electrons. The lowest BCUT2D eigenvalue weighted by atomic mass is 10.2. The summed E-state index contributed by atoms with van der Waals surface area (Å²) in [6.45, 7) is 5.74. The van der Waals surface area contributed by atoms with Crippen LogP contribution in [0.3, 0.4) is 0 Å². The minimum Gasteiger partial charge on any atom is -0.455 e. The number of rotatable bonds is 9. The number of amides is 3. The number of aliphatic hydroxyl groups is 1. The zero-order chi connectivity index (χ0) is 23.2. The third-order valence-corrected chi connectivity index (χ3v) is 6.11. The van der Waals surface area contributed by atoms with Gasteiger partial charge in [-0.05, 0) is 49.4 Å². The Hall–Kier alpha value is -2.72. The SMILES string of the molecule is O=C1CN(/N=C/c2ccc(-c3ccc(Cl)cc3)o2)C(=O)N1CCCN1CCN(CCO)CC1. The molecule has 2 aliphatic heterocycles. The molecule has 9 nitrogen and oxygen atoms in total. The number of hydrogen-bond donors (Lipinski definition) is 1. The molecule has 10 heteroatoms. The number of carbonyl (C=O) groups is 2. The quantitative estimate of drug-likeness (QED) is 0.443. The molecule has 3 heterocycles. The second-order valence-corrected chi connectivity index (χ2v) is 8.54. The number of β-amino-alcohol motifs (C(OH)–C–C–N with tert-alkyl or cyclic N) is 1. The number of carbonyl (C=O) groups excluding carboxylic acids is 2. The van der Waals surface area contributed by atoms with Crippen LogP contribution >= 0.6 is 11.6 Å². The van der Waals surface area contributed by atoms with Gasteiger partial charge in [0.15, 0.2) is 0 Å². The van der Waals surface area contributed by atoms with Crippen molar-refractivity contribution >= 4 is 29.8 Å². The fourth-order valence-electron chi connectivity index (χ4n) is 3.99. The van der Waals surface area contributed by atoms with Crippen molar-refractivity contribution in [2.24, 2.45) is 5.10 Å². The minimum atomic E-state index is -0.409. The topological polar surface area (TPSA) is 92.8 Å². The lowest BCUT2D eigenvalue weighted by molar-refractivity contribution is -0.125. The second-order valence-electron chi connectivity index (χ2n) is 8.10. The molecule has 0 spiro atoms. The van der Waals surface area contributed by atoms with E-state index < -0.39 is 6.03 Å². The maximum atomic E-state index is 12.6. The second kappa shape index (κ2) is 10.9. The van der Waals surface area contributed by atoms with Crippen LogP contribution in [-0.4, -0.2) is 102 Å². The number of hydrogen-bond acceptors (Lipinski definition) is 7. The van der Waals surface area contributed by atoms with E-state index in [-0.39, 0.29) is 19.1 Å². The first-order valence-electron chi connectivity index (χ1n) is 11.1. The van der Waals surface area contributed by atoms with Gasteiger partial charge in [0.2, 0.25) is 0 Å². The number of hydrazone groups is 1. The Kier molecular flexibility index (Phi) is 7.77. The van der Waals surface area contributed by atoms with E-state index in [2.05, 4.69) is 14.9 Å². The van der Waals surface area contributed by atoms with Crippen LogP contribution in [0.4, 0.5) is 4.79 Å². The molecule has 2 aliphatic rings. The van der Waals surface area contributed by atoms with Crippen LogP contribution < -0.4 is 0 Å². The van der Waals surface area contributed by atoms with Crippen LogP contribution in [-0.2, 0) is 4.79 Å². The predicted molar refractivity (Wildman–Crippen MR) is 125 cm³/mol. The summed E-state index contributed by atoms with van der Waals surface area (Å²) in [5, 5.41) is 15.0. The largest absolute Gasteiger partial charge is 0.455 e. The first-order chi connectivity index (χ1) is 16.0. The van der Waals surface area contributed by atoms with Gasteiger partial charge in [-0.3, -0.25) is 14.6 Å². The molecule has 4 rings (SSSR count). The van der Waals surface area contributed by atoms with Gasteiger partial charge < -0.3 is 14.4 Å². The summed E-state index contributed by atoms with van der Waals surface area (Å²) in [4.78, 5) is 30.8. The normalized spacial score (nSPS) is 18.2. The van der Waals surface area contributed by atoms with Crippen molar-refractivity contribution in [1.82, 2.24) is 19.7 Å². The van der Waals surface area contributed by atoms with Gasteiger partial charge in [-0.2, -0.15) is 5.10 Å². The summed E-state index contributed by atoms with van der Waals surface area (Å²) in [6.07, 6.45) is 2.16. The summed E-state index contributed by atoms with van der Waals surface area (Å²) >= 11 is 5.92. The van der Waals surface area contributed by atoms with Crippen molar-refractivity contribution in [3.8, 4) is 11.3 Å². The van der Waals surface area contributed by atoms with E-state index in [4.69, 9.17) is 21.1 Å². The van der Waals surface area contributed by atoms with Crippen LogP contribution in [0.2, 0.25) is 5.02 Å². The average molecular weight is 474 g/mol. The van der Waals surface area contributed by atoms with Crippen molar-refractivity contribution in [1.29, 1.82) is 0 Å². The zero-order valence-corrected chi connectivity index (χ0v) is 19.2. The highest BCUT2D eigenvalue weighted by Crippen LogP contribution is 2.23. The van der Waals surface area contributed by atoms with Crippen molar-refractivity contribution in [3.63, 3.8) is 0 Å². The molecule has 2 fully saturated rings. The molecule has 0 saturated carbocycles. The van der Waals surface area contributed by atoms with E-state index in [0.717, 1.165) is 44.7 Å². The molecule has 0 aliphatic carbocycles. The smallest absolute Gasteiger partial charge is 0.347 e. The van der Waals surface area contributed by atoms with Gasteiger partial charge >= 0.3 is 6.03 Å². The summed E-state index contributed by atoms with van der Waals surface area (Å²) in [5.41, 5.74) is 0.882. The van der Waals surface area contributed by atoms with Crippen LogP contribution in [0.5, 0.6) is 0 Å². The van der Waals surface area contributed by atoms with E-state index in [9.17, 15) is 9.59 Å². The molecule has 1 aromatic carbocycles. The van der Waals surface area contributed by atoms with Crippen molar-refractivity contribution in [2.45, 2.75) is 6.42 Å². The molecule has 0 bridgehead atoms. The molecular weight excluding hydrogens is 446 g/mol. The Morgan fingerprint density at radius 2 is 1.67 bits per heavy atom. The molecule has 0 atom stereocenters. The van der Waals surface area contributed by atoms with Crippen LogP contribution in [0.1, 0.15) is 12.2 Å². The average Bonchev–Trinajstić information content (AvgIpc) is 3.39. The Morgan fingerprint density at radius 3 is 2.36 bits per heavy atom. The van der Waals surface area contributed by atoms with Gasteiger partial charge in [0.05, 0.1) is 12.8 Å². The van der Waals surface area contributed by atoms with Crippen LogP contribution in [0.25, 0.3) is 11.3 Å². The monoisotopic (exact) mass is 473 g/mol. The van der Waals surface area contributed by atoms with Gasteiger partial charge in [0.25, 0.3) is 5.91 Å². The van der Waals surface area contributed by atoms with E-state index >= 15 is 0 Å². The molecule has 33 heavy (non-hydrogen) atoms. The Bertz CT molecular complexity index is 985. The molecule has 0 radical (unpaired) electrons. The van der Waals surface area contributed by atoms with Crippen molar-refractivity contribution in [3.05, 3.63) is 47.2 Å². The molecule has 3 amide bonds. The Labute approximate surface area is 197 Å². The Balaban J connectivity index is 1.25. The first-order valence-corrected chi connectivity index (χ1v) is 11.5. The third kappa shape index (κ3) is 6.00. The number of aliphatic hydroxyl groups excluding tert-OH is 1. The van der Waals surface area contributed by atoms with Gasteiger partial charge in [0.1, 0.15) is 18.1 Å². The van der Waals surface area contributed by atoms with E-state index in [0.29, 0.717) is 29.6 Å². The molecule has 2 aromatic rings. The lowest BCUT2D eigenvalue weighted by Gasteiger charge is -2.34. The lowest BCUT2D eigenvalue weighted by Crippen LogP contribution is -2.47. The van der Waals surface area contributed by atoms with Gasteiger partial charge in [-0.25, -0.2) is 9.80 Å². The molecule has 1 aromatic heterocycles. The molecular formula is C23H28ClN5O4. The summed E-state index contributed by atoms with van der Waals surface area (Å²) in [7, 11) is 0. The van der Waals surface area contributed by atoms with Gasteiger partial charge in [0, 0.05) is 49.9 Å². The van der Waals surface area contributed by atoms with Gasteiger partial charge in [-0.1, -0.05) is 11.6 Å². The van der Waals surface area contributed by atoms with Crippen molar-refractivity contribution < 1.29 is 19.1 Å². The number of urea groups is 1. The number of furan rings is 1. The van der Waals surface area contributed by atoms with E-state index in [1.165, 1.54) is 16.1 Å². The maximum Gasteiger partial charge on any atom is 0.347 e. The number of nitrogens with zero attached hydrogens (tertiary/aromatic N) is 5. The number of imide groups is 1. The number of piperazine rings is 1. The summed E-state index contributed by atoms with van der Waals surface area (Å²) < 4.78 is 5.76. The van der Waals surface area contributed by atoms with Crippen LogP contribution in [0, 0.1) is 0 Å². The maximum absolute atomic E-state index is 12.6. The molecule has 0 unspecified atom stereocenters. The highest BCUT2D eigenvalue weighted by molar-refractivity contribution is 6.30. The summed E-state index contributed by atoms with van der Waals surface area (Å²) in [5.74, 6) is 0.904. The van der Waals surface area contributed by atoms with Crippen LogP contribution in [0.15, 0.2) is 45.9 Å². The zero-order valence-electron chi connectivity index (χ0n) is 18.4. The van der Waals surface area contributed by atoms with E-state index in [1.54, 1.807) is 18.2 Å². The van der Waals surface area contributed by atoms with Crippen molar-refractivity contribution in [2.75, 3.05) is 59.0 Å². The fraction of sp³-hybridized carbons (Fsp3) is 0.435. The van der Waals surface area contributed by atoms with Gasteiger partial charge in [-0.15, -0.1) is 0 Å². The number of benzene rings is 1. The Morgan fingerprint density at radius 1 is 0.970 bits per heavy atom. The highest BCUT2D eigenvalue weighted by Gasteiger charge is 2.35. The molecule has 2 saturated heterocycles. The fourth-order valence-corrected chi connectivity index (χ4v) is 4.11. The van der Waals surface area contributed by atoms with E-state index in [1.807, 2.05) is 18.2 Å². The predicted octanol–water partition coefficient (Wildman–Crippen LogP) is 2.20. The third-order valence-electron chi connectivity index (χ3n) is 5.85.